The fourth-order valence-electron chi connectivity index (χ4n) is 6.81. The van der Waals surface area contributed by atoms with Crippen molar-refractivity contribution < 1.29 is 4.79 Å². The number of likely N-dealkylation sites (tertiary alicyclic amines) is 1. The fraction of sp³-hybridized carbons (Fsp3) is 0.571. The van der Waals surface area contributed by atoms with Crippen molar-refractivity contribution in [3.63, 3.8) is 0 Å². The van der Waals surface area contributed by atoms with Gasteiger partial charge in [0.15, 0.2) is 0 Å². The molecule has 1 N–H and O–H groups in total. The van der Waals surface area contributed by atoms with Crippen LogP contribution in [0.2, 0.25) is 0 Å². The van der Waals surface area contributed by atoms with Gasteiger partial charge in [-0.05, 0) is 49.7 Å². The number of hydrogen-bond acceptors (Lipinski definition) is 2. The summed E-state index contributed by atoms with van der Waals surface area (Å²) in [5.74, 6) is 1.28. The largest absolute Gasteiger partial charge is 0.357 e. The van der Waals surface area contributed by atoms with Gasteiger partial charge in [-0.2, -0.15) is 0 Å². The van der Waals surface area contributed by atoms with E-state index >= 15 is 0 Å². The average Bonchev–Trinajstić information content (AvgIpc) is 3.06. The van der Waals surface area contributed by atoms with Crippen molar-refractivity contribution in [2.45, 2.75) is 50.2 Å². The summed E-state index contributed by atoms with van der Waals surface area (Å²) in [5.41, 5.74) is 4.27. The van der Waals surface area contributed by atoms with Gasteiger partial charge in [0.25, 0.3) is 0 Å². The standard InChI is InChI=1S/C21H25N3O/c25-12-23-10-3-5-15-18-8-7-16(20(15)23)21-19-14(9-11-24(18)21)13-4-1-2-6-17(13)22-19/h1-2,4,6,12,15-16,18,20-22H,3,5,7-11H2/t15-,16?,18?,20-,21+/m1/s1. The average molecular weight is 335 g/mol. The van der Waals surface area contributed by atoms with E-state index in [1.807, 2.05) is 0 Å². The van der Waals surface area contributed by atoms with Gasteiger partial charge in [-0.1, -0.05) is 18.2 Å². The van der Waals surface area contributed by atoms with Gasteiger partial charge in [0.1, 0.15) is 0 Å². The third-order valence-corrected chi connectivity index (χ3v) is 7.59. The van der Waals surface area contributed by atoms with Crippen molar-refractivity contribution in [3.8, 4) is 0 Å². The van der Waals surface area contributed by atoms with E-state index in [4.69, 9.17) is 0 Å². The summed E-state index contributed by atoms with van der Waals surface area (Å²) < 4.78 is 0. The Bertz CT molecular complexity index is 843. The number of rotatable bonds is 1. The minimum atomic E-state index is 0.462. The second kappa shape index (κ2) is 5.10. The van der Waals surface area contributed by atoms with Crippen molar-refractivity contribution in [1.29, 1.82) is 0 Å². The number of carbonyl (C=O) groups excluding carboxylic acids is 1. The number of para-hydroxylation sites is 1. The molecule has 7 rings (SSSR count). The molecule has 4 aliphatic heterocycles. The summed E-state index contributed by atoms with van der Waals surface area (Å²) in [7, 11) is 0. The van der Waals surface area contributed by atoms with Crippen LogP contribution < -0.4 is 0 Å². The van der Waals surface area contributed by atoms with E-state index in [-0.39, 0.29) is 0 Å². The SMILES string of the molecule is O=CN1CCC[C@@H]2C3CCC([C@H]4c5[nH]c6ccccc6c5CCN34)[C@@H]21. The Balaban J connectivity index is 1.50. The number of hydrogen-bond donors (Lipinski definition) is 1. The minimum Gasteiger partial charge on any atom is -0.357 e. The summed E-state index contributed by atoms with van der Waals surface area (Å²) in [4.78, 5) is 20.5. The molecule has 2 aromatic rings. The topological polar surface area (TPSA) is 39.3 Å². The zero-order chi connectivity index (χ0) is 16.5. The predicted molar refractivity (Wildman–Crippen MR) is 97.2 cm³/mol. The lowest BCUT2D eigenvalue weighted by molar-refractivity contribution is -0.149. The van der Waals surface area contributed by atoms with Crippen LogP contribution in [0.25, 0.3) is 10.9 Å². The number of piperidine rings is 3. The van der Waals surface area contributed by atoms with E-state index in [1.165, 1.54) is 54.4 Å². The molecule has 4 nitrogen and oxygen atoms in total. The maximum atomic E-state index is 11.7. The van der Waals surface area contributed by atoms with E-state index in [9.17, 15) is 4.79 Å². The first-order valence-corrected chi connectivity index (χ1v) is 9.93. The normalized spacial score (nSPS) is 36.8. The van der Waals surface area contributed by atoms with Crippen molar-refractivity contribution >= 4 is 17.3 Å². The van der Waals surface area contributed by atoms with Crippen LogP contribution in [-0.2, 0) is 11.2 Å². The minimum absolute atomic E-state index is 0.462. The smallest absolute Gasteiger partial charge is 0.209 e. The van der Waals surface area contributed by atoms with E-state index in [0.29, 0.717) is 30.0 Å². The van der Waals surface area contributed by atoms with Crippen molar-refractivity contribution in [2.24, 2.45) is 11.8 Å². The van der Waals surface area contributed by atoms with Gasteiger partial charge in [-0.15, -0.1) is 0 Å². The molecule has 2 bridgehead atoms. The molecule has 5 aliphatic rings. The summed E-state index contributed by atoms with van der Waals surface area (Å²) in [6, 6.07) is 10.4. The van der Waals surface area contributed by atoms with Crippen LogP contribution in [0.1, 0.15) is 43.0 Å². The predicted octanol–water partition coefficient (Wildman–Crippen LogP) is 3.10. The second-order valence-electron chi connectivity index (χ2n) is 8.44. The highest BCUT2D eigenvalue weighted by Gasteiger charge is 2.57. The van der Waals surface area contributed by atoms with Crippen LogP contribution in [-0.4, -0.2) is 46.4 Å². The van der Waals surface area contributed by atoms with Crippen molar-refractivity contribution in [2.75, 3.05) is 13.1 Å². The van der Waals surface area contributed by atoms with Crippen LogP contribution >= 0.6 is 0 Å². The number of nitrogens with one attached hydrogen (secondary N) is 1. The van der Waals surface area contributed by atoms with Gasteiger partial charge < -0.3 is 9.88 Å². The molecule has 1 amide bonds. The first-order valence-electron chi connectivity index (χ1n) is 9.93. The third kappa shape index (κ3) is 1.78. The van der Waals surface area contributed by atoms with Crippen molar-refractivity contribution in [1.82, 2.24) is 14.8 Å². The monoisotopic (exact) mass is 335 g/mol. The molecule has 1 aromatic carbocycles. The Kier molecular flexibility index (Phi) is 2.93. The highest BCUT2D eigenvalue weighted by atomic mass is 16.1. The van der Waals surface area contributed by atoms with Crippen LogP contribution in [0, 0.1) is 11.8 Å². The molecule has 2 unspecified atom stereocenters. The highest BCUT2D eigenvalue weighted by molar-refractivity contribution is 5.85. The Morgan fingerprint density at radius 3 is 2.92 bits per heavy atom. The number of nitrogens with zero attached hydrogens (tertiary/aromatic N) is 2. The zero-order valence-corrected chi connectivity index (χ0v) is 14.5. The number of carbonyl (C=O) groups is 1. The molecule has 4 heteroatoms. The van der Waals surface area contributed by atoms with Gasteiger partial charge in [0, 0.05) is 47.7 Å². The van der Waals surface area contributed by atoms with E-state index in [2.05, 4.69) is 39.0 Å². The van der Waals surface area contributed by atoms with Gasteiger partial charge in [-0.25, -0.2) is 0 Å². The number of fused-ring (bicyclic) bond motifs is 4. The van der Waals surface area contributed by atoms with Crippen LogP contribution in [0.5, 0.6) is 0 Å². The molecular weight excluding hydrogens is 310 g/mol. The Morgan fingerprint density at radius 2 is 2.00 bits per heavy atom. The number of benzene rings is 1. The molecule has 5 atom stereocenters. The maximum Gasteiger partial charge on any atom is 0.209 e. The zero-order valence-electron chi connectivity index (χ0n) is 14.5. The molecule has 1 aliphatic carbocycles. The second-order valence-corrected chi connectivity index (χ2v) is 8.44. The lowest BCUT2D eigenvalue weighted by atomic mass is 9.61. The quantitative estimate of drug-likeness (QED) is 0.814. The summed E-state index contributed by atoms with van der Waals surface area (Å²) >= 11 is 0. The number of aromatic nitrogens is 1. The summed E-state index contributed by atoms with van der Waals surface area (Å²) in [5, 5.41) is 1.41. The molecule has 0 spiro atoms. The molecule has 4 fully saturated rings. The molecule has 3 saturated heterocycles. The molecule has 1 saturated carbocycles. The van der Waals surface area contributed by atoms with Crippen LogP contribution in [0.3, 0.4) is 0 Å². The van der Waals surface area contributed by atoms with Gasteiger partial charge in [0.2, 0.25) is 6.41 Å². The lowest BCUT2D eigenvalue weighted by Crippen LogP contribution is -2.67. The van der Waals surface area contributed by atoms with E-state index < -0.39 is 0 Å². The Labute approximate surface area is 148 Å². The number of aromatic amines is 1. The molecule has 1 aromatic heterocycles. The van der Waals surface area contributed by atoms with Gasteiger partial charge in [-0.3, -0.25) is 9.69 Å². The lowest BCUT2D eigenvalue weighted by Gasteiger charge is -2.63. The van der Waals surface area contributed by atoms with Crippen LogP contribution in [0.4, 0.5) is 0 Å². The number of amides is 1. The Hall–Kier alpha value is -1.81. The van der Waals surface area contributed by atoms with E-state index in [0.717, 1.165) is 19.4 Å². The maximum absolute atomic E-state index is 11.7. The molecular formula is C21H25N3O. The van der Waals surface area contributed by atoms with E-state index in [1.54, 1.807) is 0 Å². The fourth-order valence-corrected chi connectivity index (χ4v) is 6.81. The van der Waals surface area contributed by atoms with Gasteiger partial charge >= 0.3 is 0 Å². The molecule has 25 heavy (non-hydrogen) atoms. The van der Waals surface area contributed by atoms with Crippen molar-refractivity contribution in [3.05, 3.63) is 35.5 Å². The molecule has 0 radical (unpaired) electrons. The first-order chi connectivity index (χ1) is 12.4. The van der Waals surface area contributed by atoms with Gasteiger partial charge in [0.05, 0.1) is 6.04 Å². The molecule has 130 valence electrons. The molecule has 5 heterocycles. The summed E-state index contributed by atoms with van der Waals surface area (Å²) in [6.07, 6.45) is 7.37. The number of H-pyrrole nitrogens is 1. The third-order valence-electron chi connectivity index (χ3n) is 7.59. The van der Waals surface area contributed by atoms with Crippen LogP contribution in [0.15, 0.2) is 24.3 Å². The Morgan fingerprint density at radius 1 is 1.08 bits per heavy atom. The first kappa shape index (κ1) is 14.4. The highest BCUT2D eigenvalue weighted by Crippen LogP contribution is 2.55. The summed E-state index contributed by atoms with van der Waals surface area (Å²) in [6.45, 7) is 2.14.